The van der Waals surface area contributed by atoms with Gasteiger partial charge in [0.2, 0.25) is 0 Å². The first kappa shape index (κ1) is 16.2. The maximum absolute atomic E-state index is 5.58. The van der Waals surface area contributed by atoms with Crippen molar-refractivity contribution in [3.63, 3.8) is 0 Å². The number of nitrogen functional groups attached to an aromatic ring is 1. The molecule has 4 heteroatoms. The van der Waals surface area contributed by atoms with Crippen molar-refractivity contribution >= 4 is 5.82 Å². The maximum Gasteiger partial charge on any atom is 0.143 e. The molecule has 0 spiro atoms. The monoisotopic (exact) mass is 290 g/mol. The Balaban J connectivity index is 2.16. The zero-order valence-corrected chi connectivity index (χ0v) is 13.9. The smallest absolute Gasteiger partial charge is 0.143 e. The Kier molecular flexibility index (Phi) is 5.20. The summed E-state index contributed by atoms with van der Waals surface area (Å²) in [5, 5.41) is 0. The van der Waals surface area contributed by atoms with Crippen LogP contribution in [0.2, 0.25) is 0 Å². The van der Waals surface area contributed by atoms with Crippen LogP contribution < -0.4 is 11.3 Å². The van der Waals surface area contributed by atoms with E-state index in [0.717, 1.165) is 23.3 Å². The number of rotatable bonds is 4. The van der Waals surface area contributed by atoms with E-state index in [9.17, 15) is 0 Å². The SMILES string of the molecule is CCCC1CCC(c2nc(NN)cc(C(C)(C)C)n2)CC1. The third kappa shape index (κ3) is 4.16. The van der Waals surface area contributed by atoms with Gasteiger partial charge in [0.1, 0.15) is 11.6 Å². The van der Waals surface area contributed by atoms with Crippen LogP contribution >= 0.6 is 0 Å². The standard InChI is InChI=1S/C17H30N4/c1-5-6-12-7-9-13(10-8-12)16-19-14(17(2,3)4)11-15(20-16)21-18/h11-13H,5-10,18H2,1-4H3,(H,19,20,21). The minimum atomic E-state index is 0.0166. The van der Waals surface area contributed by atoms with Crippen molar-refractivity contribution in [1.29, 1.82) is 0 Å². The highest BCUT2D eigenvalue weighted by Gasteiger charge is 2.26. The largest absolute Gasteiger partial charge is 0.308 e. The van der Waals surface area contributed by atoms with E-state index in [2.05, 4.69) is 38.1 Å². The van der Waals surface area contributed by atoms with Gasteiger partial charge in [0.15, 0.2) is 0 Å². The van der Waals surface area contributed by atoms with Crippen molar-refractivity contribution in [3.05, 3.63) is 17.6 Å². The van der Waals surface area contributed by atoms with Crippen molar-refractivity contribution in [3.8, 4) is 0 Å². The summed E-state index contributed by atoms with van der Waals surface area (Å²) >= 11 is 0. The van der Waals surface area contributed by atoms with E-state index in [1.165, 1.54) is 38.5 Å². The average molecular weight is 290 g/mol. The Hall–Kier alpha value is -1.16. The van der Waals surface area contributed by atoms with E-state index in [-0.39, 0.29) is 5.41 Å². The number of anilines is 1. The van der Waals surface area contributed by atoms with E-state index in [0.29, 0.717) is 5.92 Å². The molecule has 1 fully saturated rings. The van der Waals surface area contributed by atoms with Gasteiger partial charge in [-0.3, -0.25) is 0 Å². The van der Waals surface area contributed by atoms with Crippen molar-refractivity contribution in [1.82, 2.24) is 9.97 Å². The lowest BCUT2D eigenvalue weighted by molar-refractivity contribution is 0.301. The lowest BCUT2D eigenvalue weighted by Gasteiger charge is -2.28. The summed E-state index contributed by atoms with van der Waals surface area (Å²) in [6.45, 7) is 8.81. The summed E-state index contributed by atoms with van der Waals surface area (Å²) < 4.78 is 0. The molecule has 1 aliphatic carbocycles. The second kappa shape index (κ2) is 6.73. The van der Waals surface area contributed by atoms with Crippen LogP contribution in [0.1, 0.15) is 83.7 Å². The molecule has 118 valence electrons. The van der Waals surface area contributed by atoms with Gasteiger partial charge >= 0.3 is 0 Å². The van der Waals surface area contributed by atoms with E-state index in [1.807, 2.05) is 6.07 Å². The molecule has 0 bridgehead atoms. The van der Waals surface area contributed by atoms with Crippen LogP contribution in [0, 0.1) is 5.92 Å². The van der Waals surface area contributed by atoms with Crippen molar-refractivity contribution < 1.29 is 0 Å². The van der Waals surface area contributed by atoms with Crippen LogP contribution in [-0.4, -0.2) is 9.97 Å². The number of hydrazine groups is 1. The normalized spacial score (nSPS) is 23.1. The van der Waals surface area contributed by atoms with Crippen molar-refractivity contribution in [2.24, 2.45) is 11.8 Å². The molecule has 1 saturated carbocycles. The first-order chi connectivity index (χ1) is 9.94. The highest BCUT2D eigenvalue weighted by Crippen LogP contribution is 2.37. The number of aromatic nitrogens is 2. The first-order valence-electron chi connectivity index (χ1n) is 8.30. The second-order valence-corrected chi connectivity index (χ2v) is 7.40. The zero-order chi connectivity index (χ0) is 15.5. The van der Waals surface area contributed by atoms with Gasteiger partial charge in [0.25, 0.3) is 0 Å². The van der Waals surface area contributed by atoms with E-state index < -0.39 is 0 Å². The summed E-state index contributed by atoms with van der Waals surface area (Å²) in [6.07, 6.45) is 7.71. The van der Waals surface area contributed by atoms with Crippen LogP contribution in [0.4, 0.5) is 5.82 Å². The van der Waals surface area contributed by atoms with Crippen LogP contribution in [-0.2, 0) is 5.41 Å². The van der Waals surface area contributed by atoms with Gasteiger partial charge in [-0.2, -0.15) is 0 Å². The molecule has 3 N–H and O–H groups in total. The Morgan fingerprint density at radius 1 is 1.19 bits per heavy atom. The van der Waals surface area contributed by atoms with Gasteiger partial charge < -0.3 is 5.43 Å². The van der Waals surface area contributed by atoms with E-state index in [4.69, 9.17) is 10.8 Å². The Bertz CT molecular complexity index is 456. The fourth-order valence-corrected chi connectivity index (χ4v) is 3.22. The minimum Gasteiger partial charge on any atom is -0.308 e. The summed E-state index contributed by atoms with van der Waals surface area (Å²) in [4.78, 5) is 9.45. The summed E-state index contributed by atoms with van der Waals surface area (Å²) in [6, 6.07) is 1.96. The number of hydrogen-bond donors (Lipinski definition) is 2. The number of nitrogens with one attached hydrogen (secondary N) is 1. The maximum atomic E-state index is 5.58. The molecule has 1 aliphatic rings. The molecule has 1 aromatic rings. The summed E-state index contributed by atoms with van der Waals surface area (Å²) in [7, 11) is 0. The quantitative estimate of drug-likeness (QED) is 0.646. The molecule has 0 atom stereocenters. The number of nitrogens with two attached hydrogens (primary N) is 1. The van der Waals surface area contributed by atoms with Crippen LogP contribution in [0.5, 0.6) is 0 Å². The van der Waals surface area contributed by atoms with Gasteiger partial charge in [-0.25, -0.2) is 15.8 Å². The lowest BCUT2D eigenvalue weighted by Crippen LogP contribution is -2.21. The highest BCUT2D eigenvalue weighted by molar-refractivity contribution is 5.37. The fraction of sp³-hybridized carbons (Fsp3) is 0.765. The Morgan fingerprint density at radius 3 is 2.38 bits per heavy atom. The molecule has 0 saturated heterocycles. The average Bonchev–Trinajstić information content (AvgIpc) is 2.47. The summed E-state index contributed by atoms with van der Waals surface area (Å²) in [5.74, 6) is 8.70. The minimum absolute atomic E-state index is 0.0166. The molecule has 1 aromatic heterocycles. The van der Waals surface area contributed by atoms with E-state index >= 15 is 0 Å². The fourth-order valence-electron chi connectivity index (χ4n) is 3.22. The van der Waals surface area contributed by atoms with Gasteiger partial charge in [-0.1, -0.05) is 40.5 Å². The summed E-state index contributed by atoms with van der Waals surface area (Å²) in [5.41, 5.74) is 3.78. The lowest BCUT2D eigenvalue weighted by atomic mass is 9.79. The predicted molar refractivity (Wildman–Crippen MR) is 88.1 cm³/mol. The Labute approximate surface area is 128 Å². The molecule has 0 radical (unpaired) electrons. The van der Waals surface area contributed by atoms with Gasteiger partial charge in [0.05, 0.1) is 5.69 Å². The van der Waals surface area contributed by atoms with E-state index in [1.54, 1.807) is 0 Å². The second-order valence-electron chi connectivity index (χ2n) is 7.40. The molecule has 0 unspecified atom stereocenters. The molecule has 0 aromatic carbocycles. The number of hydrogen-bond acceptors (Lipinski definition) is 4. The van der Waals surface area contributed by atoms with Crippen LogP contribution in [0.25, 0.3) is 0 Å². The third-order valence-electron chi connectivity index (χ3n) is 4.57. The van der Waals surface area contributed by atoms with Gasteiger partial charge in [-0.05, 0) is 31.6 Å². The first-order valence-corrected chi connectivity index (χ1v) is 8.30. The van der Waals surface area contributed by atoms with Crippen LogP contribution in [0.15, 0.2) is 6.07 Å². The molecular weight excluding hydrogens is 260 g/mol. The van der Waals surface area contributed by atoms with Crippen molar-refractivity contribution in [2.45, 2.75) is 77.6 Å². The third-order valence-corrected chi connectivity index (χ3v) is 4.57. The topological polar surface area (TPSA) is 63.8 Å². The molecule has 1 heterocycles. The number of nitrogens with zero attached hydrogens (tertiary/aromatic N) is 2. The molecule has 0 aliphatic heterocycles. The Morgan fingerprint density at radius 2 is 1.86 bits per heavy atom. The molecule has 4 nitrogen and oxygen atoms in total. The molecule has 0 amide bonds. The predicted octanol–water partition coefficient (Wildman–Crippen LogP) is 4.13. The van der Waals surface area contributed by atoms with Crippen LogP contribution in [0.3, 0.4) is 0 Å². The zero-order valence-electron chi connectivity index (χ0n) is 13.9. The van der Waals surface area contributed by atoms with Gasteiger partial charge in [-0.15, -0.1) is 0 Å². The molecule has 21 heavy (non-hydrogen) atoms. The highest BCUT2D eigenvalue weighted by atomic mass is 15.3. The van der Waals surface area contributed by atoms with Crippen molar-refractivity contribution in [2.75, 3.05) is 5.43 Å². The molecular formula is C17H30N4. The molecule has 2 rings (SSSR count). The van der Waals surface area contributed by atoms with Gasteiger partial charge in [0, 0.05) is 17.4 Å².